The molecule has 0 bridgehead atoms. The zero-order chi connectivity index (χ0) is 12.0. The summed E-state index contributed by atoms with van der Waals surface area (Å²) in [6.45, 7) is 4.11. The van der Waals surface area contributed by atoms with E-state index in [1.165, 1.54) is 18.3 Å². The van der Waals surface area contributed by atoms with Gasteiger partial charge in [-0.25, -0.2) is 0 Å². The molecule has 0 aromatic carbocycles. The molecule has 1 unspecified atom stereocenters. The number of nitrogens with one attached hydrogen (secondary N) is 2. The third-order valence-electron chi connectivity index (χ3n) is 2.41. The minimum Gasteiger partial charge on any atom is -0.350 e. The fourth-order valence-corrected chi connectivity index (χ4v) is 1.44. The monoisotopic (exact) mass is 222 g/mol. The highest BCUT2D eigenvalue weighted by atomic mass is 16.1. The Morgan fingerprint density at radius 3 is 2.81 bits per heavy atom. The Balaban J connectivity index is 2.52. The number of pyridine rings is 1. The van der Waals surface area contributed by atoms with Crippen LogP contribution in [0.3, 0.4) is 0 Å². The molecule has 0 saturated heterocycles. The van der Waals surface area contributed by atoms with Crippen molar-refractivity contribution in [3.63, 3.8) is 0 Å². The summed E-state index contributed by atoms with van der Waals surface area (Å²) in [7, 11) is 0. The quantitative estimate of drug-likeness (QED) is 0.796. The van der Waals surface area contributed by atoms with E-state index in [0.717, 1.165) is 19.3 Å². The summed E-state index contributed by atoms with van der Waals surface area (Å²) in [6, 6.07) is 3.05. The number of carbonyl (C=O) groups is 1. The maximum Gasteiger partial charge on any atom is 0.252 e. The van der Waals surface area contributed by atoms with E-state index in [4.69, 9.17) is 0 Å². The topological polar surface area (TPSA) is 62.0 Å². The van der Waals surface area contributed by atoms with Crippen molar-refractivity contribution in [2.75, 3.05) is 0 Å². The van der Waals surface area contributed by atoms with Crippen LogP contribution in [0.5, 0.6) is 0 Å². The maximum absolute atomic E-state index is 11.7. The van der Waals surface area contributed by atoms with Crippen molar-refractivity contribution < 1.29 is 4.79 Å². The van der Waals surface area contributed by atoms with Crippen molar-refractivity contribution in [1.82, 2.24) is 10.3 Å². The van der Waals surface area contributed by atoms with Gasteiger partial charge in [-0.2, -0.15) is 0 Å². The molecule has 2 N–H and O–H groups in total. The summed E-state index contributed by atoms with van der Waals surface area (Å²) in [6.07, 6.45) is 4.64. The van der Waals surface area contributed by atoms with Crippen LogP contribution in [0.1, 0.15) is 43.5 Å². The molecule has 1 rings (SSSR count). The van der Waals surface area contributed by atoms with Gasteiger partial charge in [-0.05, 0) is 19.4 Å². The molecule has 0 spiro atoms. The van der Waals surface area contributed by atoms with E-state index in [1.54, 1.807) is 0 Å². The first kappa shape index (κ1) is 12.5. The van der Waals surface area contributed by atoms with Crippen LogP contribution in [0, 0.1) is 0 Å². The summed E-state index contributed by atoms with van der Waals surface area (Å²) in [4.78, 5) is 25.0. The molecular formula is C12H18N2O2. The predicted molar refractivity (Wildman–Crippen MR) is 63.5 cm³/mol. The molecule has 1 aromatic rings. The van der Waals surface area contributed by atoms with E-state index in [0.29, 0.717) is 5.56 Å². The standard InChI is InChI=1S/C12H18N2O2/c1-3-4-5-9(2)14-12(16)10-6-7-11(15)13-8-10/h6-9H,3-5H2,1-2H3,(H,13,15)(H,14,16). The summed E-state index contributed by atoms with van der Waals surface area (Å²) in [5, 5.41) is 2.89. The van der Waals surface area contributed by atoms with Gasteiger partial charge in [0, 0.05) is 18.3 Å². The number of hydrogen-bond acceptors (Lipinski definition) is 2. The SMILES string of the molecule is CCCCC(C)NC(=O)c1ccc(=O)[nH]c1. The van der Waals surface area contributed by atoms with Gasteiger partial charge in [-0.1, -0.05) is 19.8 Å². The minimum atomic E-state index is -0.199. The number of rotatable bonds is 5. The molecule has 0 saturated carbocycles. The van der Waals surface area contributed by atoms with Gasteiger partial charge >= 0.3 is 0 Å². The first-order chi connectivity index (χ1) is 7.63. The van der Waals surface area contributed by atoms with Crippen molar-refractivity contribution in [2.45, 2.75) is 39.2 Å². The predicted octanol–water partition coefficient (Wildman–Crippen LogP) is 1.68. The number of aromatic nitrogens is 1. The van der Waals surface area contributed by atoms with E-state index in [1.807, 2.05) is 6.92 Å². The Kier molecular flexibility index (Phi) is 4.76. The van der Waals surface area contributed by atoms with Crippen molar-refractivity contribution in [3.8, 4) is 0 Å². The van der Waals surface area contributed by atoms with Crippen LogP contribution in [0.4, 0.5) is 0 Å². The molecule has 1 heterocycles. The highest BCUT2D eigenvalue weighted by molar-refractivity contribution is 5.93. The molecule has 0 radical (unpaired) electrons. The minimum absolute atomic E-state index is 0.139. The fraction of sp³-hybridized carbons (Fsp3) is 0.500. The highest BCUT2D eigenvalue weighted by Crippen LogP contribution is 2.01. The van der Waals surface area contributed by atoms with Gasteiger partial charge < -0.3 is 10.3 Å². The molecule has 4 nitrogen and oxygen atoms in total. The lowest BCUT2D eigenvalue weighted by molar-refractivity contribution is 0.0937. The van der Waals surface area contributed by atoms with Crippen molar-refractivity contribution in [2.24, 2.45) is 0 Å². The number of aromatic amines is 1. The average molecular weight is 222 g/mol. The van der Waals surface area contributed by atoms with Crippen LogP contribution in [0.15, 0.2) is 23.1 Å². The lowest BCUT2D eigenvalue weighted by Gasteiger charge is -2.12. The van der Waals surface area contributed by atoms with E-state index in [2.05, 4.69) is 17.2 Å². The van der Waals surface area contributed by atoms with Crippen molar-refractivity contribution in [1.29, 1.82) is 0 Å². The van der Waals surface area contributed by atoms with Crippen LogP contribution in [-0.2, 0) is 0 Å². The number of H-pyrrole nitrogens is 1. The molecule has 0 fully saturated rings. The van der Waals surface area contributed by atoms with Crippen LogP contribution in [0.2, 0.25) is 0 Å². The second-order valence-electron chi connectivity index (χ2n) is 3.96. The smallest absolute Gasteiger partial charge is 0.252 e. The Morgan fingerprint density at radius 2 is 2.25 bits per heavy atom. The van der Waals surface area contributed by atoms with Crippen LogP contribution in [0.25, 0.3) is 0 Å². The molecule has 0 aliphatic heterocycles. The van der Waals surface area contributed by atoms with Crippen molar-refractivity contribution >= 4 is 5.91 Å². The second kappa shape index (κ2) is 6.10. The van der Waals surface area contributed by atoms with Gasteiger partial charge in [0.1, 0.15) is 0 Å². The van der Waals surface area contributed by atoms with Gasteiger partial charge in [-0.3, -0.25) is 9.59 Å². The van der Waals surface area contributed by atoms with Gasteiger partial charge in [0.25, 0.3) is 5.91 Å². The number of carbonyl (C=O) groups excluding carboxylic acids is 1. The molecule has 0 aliphatic rings. The number of amides is 1. The van der Waals surface area contributed by atoms with Crippen molar-refractivity contribution in [3.05, 3.63) is 34.2 Å². The molecule has 1 atom stereocenters. The summed E-state index contributed by atoms with van der Waals surface area (Å²) >= 11 is 0. The van der Waals surface area contributed by atoms with Gasteiger partial charge in [0.05, 0.1) is 5.56 Å². The second-order valence-corrected chi connectivity index (χ2v) is 3.96. The molecule has 1 amide bonds. The van der Waals surface area contributed by atoms with Gasteiger partial charge in [0.2, 0.25) is 5.56 Å². The van der Waals surface area contributed by atoms with E-state index in [9.17, 15) is 9.59 Å². The Hall–Kier alpha value is -1.58. The van der Waals surface area contributed by atoms with Gasteiger partial charge in [0.15, 0.2) is 0 Å². The third kappa shape index (κ3) is 3.88. The molecule has 88 valence electrons. The van der Waals surface area contributed by atoms with E-state index >= 15 is 0 Å². The maximum atomic E-state index is 11.7. The molecule has 16 heavy (non-hydrogen) atoms. The Labute approximate surface area is 95.1 Å². The number of unbranched alkanes of at least 4 members (excludes halogenated alkanes) is 1. The molecule has 4 heteroatoms. The fourth-order valence-electron chi connectivity index (χ4n) is 1.44. The summed E-state index contributed by atoms with van der Waals surface area (Å²) in [5.74, 6) is -0.139. The van der Waals surface area contributed by atoms with Gasteiger partial charge in [-0.15, -0.1) is 0 Å². The first-order valence-corrected chi connectivity index (χ1v) is 5.63. The normalized spacial score (nSPS) is 12.1. The molecular weight excluding hydrogens is 204 g/mol. The summed E-state index contributed by atoms with van der Waals surface area (Å²) < 4.78 is 0. The zero-order valence-corrected chi connectivity index (χ0v) is 9.75. The van der Waals surface area contributed by atoms with Crippen LogP contribution < -0.4 is 10.9 Å². The average Bonchev–Trinajstić information content (AvgIpc) is 2.27. The highest BCUT2D eigenvalue weighted by Gasteiger charge is 2.08. The molecule has 0 aliphatic carbocycles. The third-order valence-corrected chi connectivity index (χ3v) is 2.41. The van der Waals surface area contributed by atoms with Crippen LogP contribution in [-0.4, -0.2) is 16.9 Å². The lowest BCUT2D eigenvalue weighted by atomic mass is 10.1. The van der Waals surface area contributed by atoms with E-state index in [-0.39, 0.29) is 17.5 Å². The molecule has 1 aromatic heterocycles. The Morgan fingerprint density at radius 1 is 1.50 bits per heavy atom. The first-order valence-electron chi connectivity index (χ1n) is 5.63. The van der Waals surface area contributed by atoms with Crippen LogP contribution >= 0.6 is 0 Å². The largest absolute Gasteiger partial charge is 0.350 e. The summed E-state index contributed by atoms with van der Waals surface area (Å²) in [5.41, 5.74) is 0.290. The van der Waals surface area contributed by atoms with E-state index < -0.39 is 0 Å². The number of hydrogen-bond donors (Lipinski definition) is 2. The lowest BCUT2D eigenvalue weighted by Crippen LogP contribution is -2.32. The Bertz CT molecular complexity index is 378. The zero-order valence-electron chi connectivity index (χ0n) is 9.75.